The summed E-state index contributed by atoms with van der Waals surface area (Å²) in [5.41, 5.74) is 0. The number of aliphatic hydroxyl groups is 1. The van der Waals surface area contributed by atoms with E-state index in [9.17, 15) is 4.79 Å². The van der Waals surface area contributed by atoms with Crippen LogP contribution in [0.5, 0.6) is 0 Å². The zero-order valence-electron chi connectivity index (χ0n) is 10.0. The maximum absolute atomic E-state index is 12.0. The molecule has 90 valence electrons. The van der Waals surface area contributed by atoms with Crippen molar-refractivity contribution in [3.63, 3.8) is 0 Å². The number of carbonyl (C=O) groups is 1. The lowest BCUT2D eigenvalue weighted by Gasteiger charge is -2.25. The zero-order chi connectivity index (χ0) is 11.7. The van der Waals surface area contributed by atoms with E-state index in [-0.39, 0.29) is 18.4 Å². The fourth-order valence-electron chi connectivity index (χ4n) is 1.55. The first-order valence-electron chi connectivity index (χ1n) is 5.59. The van der Waals surface area contributed by atoms with Crippen LogP contribution in [-0.4, -0.2) is 49.3 Å². The number of amides is 1. The third kappa shape index (κ3) is 5.14. The van der Waals surface area contributed by atoms with Crippen molar-refractivity contribution in [3.05, 3.63) is 0 Å². The minimum Gasteiger partial charge on any atom is -0.395 e. The number of carbonyl (C=O) groups excluding carboxylic acids is 1. The molecule has 0 heterocycles. The van der Waals surface area contributed by atoms with Gasteiger partial charge in [-0.2, -0.15) is 0 Å². The summed E-state index contributed by atoms with van der Waals surface area (Å²) in [6.45, 7) is 5.52. The average Bonchev–Trinajstić information content (AvgIpc) is 2.25. The second-order valence-electron chi connectivity index (χ2n) is 3.56. The normalized spacial score (nSPS) is 10.7. The Morgan fingerprint density at radius 3 is 2.33 bits per heavy atom. The largest absolute Gasteiger partial charge is 0.395 e. The highest BCUT2D eigenvalue weighted by Gasteiger charge is 2.20. The number of hydrogen-bond donors (Lipinski definition) is 1. The van der Waals surface area contributed by atoms with E-state index in [1.165, 1.54) is 0 Å². The van der Waals surface area contributed by atoms with Crippen LogP contribution in [0.2, 0.25) is 0 Å². The van der Waals surface area contributed by atoms with Crippen molar-refractivity contribution in [3.8, 4) is 0 Å². The Labute approximate surface area is 92.2 Å². The van der Waals surface area contributed by atoms with Crippen LogP contribution in [0.25, 0.3) is 0 Å². The quantitative estimate of drug-likeness (QED) is 0.657. The predicted molar refractivity (Wildman–Crippen MR) is 59.6 cm³/mol. The SMILES string of the molecule is CCC(CC)C(=O)N(CCO)CCOC. The number of methoxy groups -OCH3 is 1. The van der Waals surface area contributed by atoms with Crippen LogP contribution < -0.4 is 0 Å². The average molecular weight is 217 g/mol. The smallest absolute Gasteiger partial charge is 0.225 e. The Morgan fingerprint density at radius 1 is 1.33 bits per heavy atom. The van der Waals surface area contributed by atoms with Gasteiger partial charge >= 0.3 is 0 Å². The van der Waals surface area contributed by atoms with Crippen LogP contribution in [0.15, 0.2) is 0 Å². The topological polar surface area (TPSA) is 49.8 Å². The van der Waals surface area contributed by atoms with E-state index < -0.39 is 0 Å². The summed E-state index contributed by atoms with van der Waals surface area (Å²) < 4.78 is 4.94. The molecule has 0 unspecified atom stereocenters. The van der Waals surface area contributed by atoms with E-state index in [1.54, 1.807) is 12.0 Å². The highest BCUT2D eigenvalue weighted by Crippen LogP contribution is 2.11. The van der Waals surface area contributed by atoms with E-state index in [1.807, 2.05) is 13.8 Å². The maximum atomic E-state index is 12.0. The first-order valence-corrected chi connectivity index (χ1v) is 5.59. The lowest BCUT2D eigenvalue weighted by molar-refractivity contribution is -0.136. The molecule has 0 saturated carbocycles. The molecule has 0 saturated heterocycles. The Morgan fingerprint density at radius 2 is 1.93 bits per heavy atom. The fourth-order valence-corrected chi connectivity index (χ4v) is 1.55. The van der Waals surface area contributed by atoms with Crippen LogP contribution in [-0.2, 0) is 9.53 Å². The van der Waals surface area contributed by atoms with Gasteiger partial charge in [-0.25, -0.2) is 0 Å². The van der Waals surface area contributed by atoms with Gasteiger partial charge in [-0.3, -0.25) is 4.79 Å². The number of aliphatic hydroxyl groups excluding tert-OH is 1. The minimum absolute atomic E-state index is 0.00953. The van der Waals surface area contributed by atoms with E-state index >= 15 is 0 Å². The molecule has 0 spiro atoms. The number of rotatable bonds is 8. The van der Waals surface area contributed by atoms with Gasteiger partial charge < -0.3 is 14.7 Å². The molecule has 0 rings (SSSR count). The van der Waals surface area contributed by atoms with Crippen molar-refractivity contribution in [2.75, 3.05) is 33.4 Å². The van der Waals surface area contributed by atoms with Crippen molar-refractivity contribution >= 4 is 5.91 Å². The van der Waals surface area contributed by atoms with E-state index in [0.29, 0.717) is 19.7 Å². The molecule has 0 aliphatic rings. The molecule has 0 radical (unpaired) electrons. The lowest BCUT2D eigenvalue weighted by Crippen LogP contribution is -2.39. The zero-order valence-corrected chi connectivity index (χ0v) is 10.0. The van der Waals surface area contributed by atoms with Gasteiger partial charge in [-0.1, -0.05) is 13.8 Å². The summed E-state index contributed by atoms with van der Waals surface area (Å²) in [5.74, 6) is 0.208. The standard InChI is InChI=1S/C11H23NO3/c1-4-10(5-2)11(14)12(6-8-13)7-9-15-3/h10,13H,4-9H2,1-3H3. The monoisotopic (exact) mass is 217 g/mol. The minimum atomic E-state index is 0.00953. The summed E-state index contributed by atoms with van der Waals surface area (Å²) in [6.07, 6.45) is 1.70. The van der Waals surface area contributed by atoms with Gasteiger partial charge in [-0.05, 0) is 12.8 Å². The molecule has 1 N–H and O–H groups in total. The lowest BCUT2D eigenvalue weighted by atomic mass is 10.0. The molecule has 15 heavy (non-hydrogen) atoms. The summed E-state index contributed by atoms with van der Waals surface area (Å²) in [7, 11) is 1.61. The molecule has 1 amide bonds. The molecule has 0 aromatic rings. The predicted octanol–water partition coefficient (Wildman–Crippen LogP) is 0.890. The maximum Gasteiger partial charge on any atom is 0.225 e. The third-order valence-corrected chi connectivity index (χ3v) is 2.58. The third-order valence-electron chi connectivity index (χ3n) is 2.58. The van der Waals surface area contributed by atoms with Crippen LogP contribution in [0.4, 0.5) is 0 Å². The summed E-state index contributed by atoms with van der Waals surface area (Å²) in [6, 6.07) is 0. The Hall–Kier alpha value is -0.610. The molecule has 0 fully saturated rings. The molecule has 0 aliphatic carbocycles. The van der Waals surface area contributed by atoms with Gasteiger partial charge in [0.2, 0.25) is 5.91 Å². The first-order chi connectivity index (χ1) is 7.21. The molecule has 0 aromatic heterocycles. The Bertz CT molecular complexity index is 169. The second-order valence-corrected chi connectivity index (χ2v) is 3.56. The molecular weight excluding hydrogens is 194 g/mol. The van der Waals surface area contributed by atoms with E-state index in [4.69, 9.17) is 9.84 Å². The van der Waals surface area contributed by atoms with Gasteiger partial charge in [0.1, 0.15) is 0 Å². The van der Waals surface area contributed by atoms with E-state index in [2.05, 4.69) is 0 Å². The number of nitrogens with zero attached hydrogens (tertiary/aromatic N) is 1. The molecular formula is C11H23NO3. The summed E-state index contributed by atoms with van der Waals surface area (Å²) in [5, 5.41) is 8.88. The van der Waals surface area contributed by atoms with Crippen molar-refractivity contribution in [2.24, 2.45) is 5.92 Å². The highest BCUT2D eigenvalue weighted by molar-refractivity contribution is 5.78. The molecule has 0 aromatic carbocycles. The second kappa shape index (κ2) is 8.68. The molecule has 0 aliphatic heterocycles. The van der Waals surface area contributed by atoms with Crippen molar-refractivity contribution < 1.29 is 14.6 Å². The van der Waals surface area contributed by atoms with Crippen LogP contribution in [0, 0.1) is 5.92 Å². The number of hydrogen-bond acceptors (Lipinski definition) is 3. The fraction of sp³-hybridized carbons (Fsp3) is 0.909. The molecule has 0 bridgehead atoms. The number of ether oxygens (including phenoxy) is 1. The van der Waals surface area contributed by atoms with Crippen molar-refractivity contribution in [1.82, 2.24) is 4.90 Å². The molecule has 4 nitrogen and oxygen atoms in total. The Kier molecular flexibility index (Phi) is 8.33. The first kappa shape index (κ1) is 14.4. The molecule has 4 heteroatoms. The van der Waals surface area contributed by atoms with Gasteiger partial charge in [0.15, 0.2) is 0 Å². The van der Waals surface area contributed by atoms with Gasteiger partial charge in [-0.15, -0.1) is 0 Å². The molecule has 0 atom stereocenters. The van der Waals surface area contributed by atoms with Gasteiger partial charge in [0.05, 0.1) is 13.2 Å². The van der Waals surface area contributed by atoms with Gasteiger partial charge in [0, 0.05) is 26.1 Å². The highest BCUT2D eigenvalue weighted by atomic mass is 16.5. The summed E-state index contributed by atoms with van der Waals surface area (Å²) >= 11 is 0. The van der Waals surface area contributed by atoms with Crippen LogP contribution in [0.3, 0.4) is 0 Å². The van der Waals surface area contributed by atoms with E-state index in [0.717, 1.165) is 12.8 Å². The van der Waals surface area contributed by atoms with Crippen molar-refractivity contribution in [2.45, 2.75) is 26.7 Å². The van der Waals surface area contributed by atoms with Crippen LogP contribution >= 0.6 is 0 Å². The van der Waals surface area contributed by atoms with Gasteiger partial charge in [0.25, 0.3) is 0 Å². The summed E-state index contributed by atoms with van der Waals surface area (Å²) in [4.78, 5) is 13.6. The Balaban J connectivity index is 4.24. The van der Waals surface area contributed by atoms with Crippen molar-refractivity contribution in [1.29, 1.82) is 0 Å². The van der Waals surface area contributed by atoms with Crippen LogP contribution in [0.1, 0.15) is 26.7 Å².